The van der Waals surface area contributed by atoms with Crippen LogP contribution in [0.2, 0.25) is 0 Å². The molecule has 0 radical (unpaired) electrons. The average Bonchev–Trinajstić information content (AvgIpc) is 2.95. The van der Waals surface area contributed by atoms with E-state index in [0.717, 1.165) is 32.6 Å². The molecule has 2 aliphatic heterocycles. The van der Waals surface area contributed by atoms with Crippen LogP contribution in [0.15, 0.2) is 30.3 Å². The van der Waals surface area contributed by atoms with Gasteiger partial charge < -0.3 is 15.4 Å². The van der Waals surface area contributed by atoms with Crippen molar-refractivity contribution in [1.82, 2.24) is 15.5 Å². The fraction of sp³-hybridized carbons (Fsp3) is 0.588. The molecule has 1 amide bonds. The minimum atomic E-state index is -0.225. The van der Waals surface area contributed by atoms with E-state index in [1.54, 1.807) is 0 Å². The summed E-state index contributed by atoms with van der Waals surface area (Å²) in [7, 11) is 0. The van der Waals surface area contributed by atoms with Crippen LogP contribution in [0, 0.1) is 0 Å². The summed E-state index contributed by atoms with van der Waals surface area (Å²) < 4.78 is 5.54. The van der Waals surface area contributed by atoms with E-state index in [1.165, 1.54) is 5.56 Å². The zero-order valence-corrected chi connectivity index (χ0v) is 15.6. The number of carbonyl (C=O) groups excluding carboxylic acids is 1. The monoisotopic (exact) mass is 375 g/mol. The Hall–Kier alpha value is -0.850. The summed E-state index contributed by atoms with van der Waals surface area (Å²) in [6, 6.07) is 10.5. The molecule has 2 N–H and O–H groups in total. The van der Waals surface area contributed by atoms with Crippen LogP contribution >= 0.6 is 24.8 Å². The van der Waals surface area contributed by atoms with Crippen LogP contribution in [0.3, 0.4) is 0 Å². The average molecular weight is 376 g/mol. The van der Waals surface area contributed by atoms with Gasteiger partial charge in [-0.3, -0.25) is 9.69 Å². The molecule has 0 bridgehead atoms. The SMILES string of the molecule is C[C@H]1OCCN[C@@H]1C(=O)NC1CCN(Cc2ccccc2)C1.Cl.Cl. The van der Waals surface area contributed by atoms with Crippen molar-refractivity contribution in [3.63, 3.8) is 0 Å². The van der Waals surface area contributed by atoms with Crippen LogP contribution in [-0.2, 0) is 16.1 Å². The van der Waals surface area contributed by atoms with Crippen molar-refractivity contribution in [2.45, 2.75) is 38.1 Å². The smallest absolute Gasteiger partial charge is 0.240 e. The number of hydrogen-bond acceptors (Lipinski definition) is 4. The minimum Gasteiger partial charge on any atom is -0.375 e. The lowest BCUT2D eigenvalue weighted by atomic mass is 10.1. The number of hydrogen-bond donors (Lipinski definition) is 2. The molecular weight excluding hydrogens is 349 g/mol. The van der Waals surface area contributed by atoms with Gasteiger partial charge in [0.15, 0.2) is 0 Å². The first-order chi connectivity index (χ1) is 10.7. The highest BCUT2D eigenvalue weighted by molar-refractivity contribution is 5.85. The molecule has 136 valence electrons. The van der Waals surface area contributed by atoms with Gasteiger partial charge in [0, 0.05) is 32.2 Å². The van der Waals surface area contributed by atoms with E-state index in [-0.39, 0.29) is 48.9 Å². The number of carbonyl (C=O) groups is 1. The predicted molar refractivity (Wildman–Crippen MR) is 100.0 cm³/mol. The van der Waals surface area contributed by atoms with Crippen LogP contribution in [0.4, 0.5) is 0 Å². The summed E-state index contributed by atoms with van der Waals surface area (Å²) in [5.41, 5.74) is 1.32. The molecule has 0 aromatic heterocycles. The van der Waals surface area contributed by atoms with E-state index < -0.39 is 0 Å². The van der Waals surface area contributed by atoms with E-state index in [4.69, 9.17) is 4.74 Å². The Morgan fingerprint density at radius 1 is 1.33 bits per heavy atom. The van der Waals surface area contributed by atoms with Crippen molar-refractivity contribution in [2.75, 3.05) is 26.2 Å². The predicted octanol–water partition coefficient (Wildman–Crippen LogP) is 1.60. The first-order valence-corrected chi connectivity index (χ1v) is 8.14. The number of rotatable bonds is 4. The summed E-state index contributed by atoms with van der Waals surface area (Å²) in [5, 5.41) is 6.41. The molecule has 2 aliphatic rings. The Morgan fingerprint density at radius 2 is 2.08 bits per heavy atom. The molecule has 0 saturated carbocycles. The van der Waals surface area contributed by atoms with Gasteiger partial charge in [0.25, 0.3) is 0 Å². The van der Waals surface area contributed by atoms with Crippen molar-refractivity contribution in [1.29, 1.82) is 0 Å². The van der Waals surface area contributed by atoms with Crippen molar-refractivity contribution < 1.29 is 9.53 Å². The molecule has 3 atom stereocenters. The van der Waals surface area contributed by atoms with Gasteiger partial charge in [-0.15, -0.1) is 24.8 Å². The van der Waals surface area contributed by atoms with Crippen LogP contribution < -0.4 is 10.6 Å². The third-order valence-corrected chi connectivity index (χ3v) is 4.47. The lowest BCUT2D eigenvalue weighted by molar-refractivity contribution is -0.129. The maximum atomic E-state index is 12.4. The zero-order chi connectivity index (χ0) is 15.4. The standard InChI is InChI=1S/C17H25N3O2.2ClH/c1-13-16(18-8-10-22-13)17(21)19-15-7-9-20(12-15)11-14-5-3-2-4-6-14;;/h2-6,13,15-16,18H,7-12H2,1H3,(H,19,21);2*1H/t13-,15?,16+;;/m1../s1. The lowest BCUT2D eigenvalue weighted by Gasteiger charge is -2.30. The fourth-order valence-corrected chi connectivity index (χ4v) is 3.25. The Labute approximate surface area is 156 Å². The Morgan fingerprint density at radius 3 is 2.79 bits per heavy atom. The van der Waals surface area contributed by atoms with Crippen molar-refractivity contribution in [3.05, 3.63) is 35.9 Å². The van der Waals surface area contributed by atoms with E-state index in [2.05, 4.69) is 39.8 Å². The van der Waals surface area contributed by atoms with Gasteiger partial charge >= 0.3 is 0 Å². The quantitative estimate of drug-likeness (QED) is 0.838. The van der Waals surface area contributed by atoms with Crippen molar-refractivity contribution in [2.24, 2.45) is 0 Å². The molecule has 2 fully saturated rings. The molecule has 0 aliphatic carbocycles. The molecule has 7 heteroatoms. The second kappa shape index (κ2) is 10.2. The van der Waals surface area contributed by atoms with Gasteiger partial charge in [-0.2, -0.15) is 0 Å². The minimum absolute atomic E-state index is 0. The van der Waals surface area contributed by atoms with Gasteiger partial charge in [0.05, 0.1) is 12.7 Å². The highest BCUT2D eigenvalue weighted by atomic mass is 35.5. The van der Waals surface area contributed by atoms with Gasteiger partial charge in [0.2, 0.25) is 5.91 Å². The fourth-order valence-electron chi connectivity index (χ4n) is 3.25. The molecule has 1 aromatic rings. The number of benzene rings is 1. The number of likely N-dealkylation sites (tertiary alicyclic amines) is 1. The van der Waals surface area contributed by atoms with Crippen LogP contribution in [0.1, 0.15) is 18.9 Å². The lowest BCUT2D eigenvalue weighted by Crippen LogP contribution is -2.57. The number of amides is 1. The van der Waals surface area contributed by atoms with Gasteiger partial charge in [-0.1, -0.05) is 30.3 Å². The summed E-state index contributed by atoms with van der Waals surface area (Å²) in [5.74, 6) is 0.0683. The van der Waals surface area contributed by atoms with Crippen LogP contribution in [0.25, 0.3) is 0 Å². The molecule has 1 unspecified atom stereocenters. The van der Waals surface area contributed by atoms with Crippen LogP contribution in [-0.4, -0.2) is 55.2 Å². The zero-order valence-electron chi connectivity index (χ0n) is 13.9. The highest BCUT2D eigenvalue weighted by Crippen LogP contribution is 2.14. The van der Waals surface area contributed by atoms with E-state index in [1.807, 2.05) is 13.0 Å². The summed E-state index contributed by atoms with van der Waals surface area (Å²) in [4.78, 5) is 14.8. The number of nitrogens with one attached hydrogen (secondary N) is 2. The molecule has 24 heavy (non-hydrogen) atoms. The second-order valence-corrected chi connectivity index (χ2v) is 6.22. The first-order valence-electron chi connectivity index (χ1n) is 8.14. The number of morpholine rings is 1. The normalized spacial score (nSPS) is 27.0. The van der Waals surface area contributed by atoms with Gasteiger partial charge in [0.1, 0.15) is 6.04 Å². The molecular formula is C17H27Cl2N3O2. The summed E-state index contributed by atoms with van der Waals surface area (Å²) >= 11 is 0. The Kier molecular flexibility index (Phi) is 9.02. The van der Waals surface area contributed by atoms with Crippen molar-refractivity contribution >= 4 is 30.7 Å². The molecule has 2 saturated heterocycles. The number of halogens is 2. The number of ether oxygens (including phenoxy) is 1. The summed E-state index contributed by atoms with van der Waals surface area (Å²) in [6.07, 6.45) is 0.955. The van der Waals surface area contributed by atoms with Gasteiger partial charge in [-0.05, 0) is 18.9 Å². The second-order valence-electron chi connectivity index (χ2n) is 6.22. The molecule has 1 aromatic carbocycles. The van der Waals surface area contributed by atoms with Crippen molar-refractivity contribution in [3.8, 4) is 0 Å². The third kappa shape index (κ3) is 5.60. The maximum absolute atomic E-state index is 12.4. The first kappa shape index (κ1) is 21.2. The topological polar surface area (TPSA) is 53.6 Å². The molecule has 2 heterocycles. The molecule has 5 nitrogen and oxygen atoms in total. The largest absolute Gasteiger partial charge is 0.375 e. The molecule has 3 rings (SSSR count). The Bertz CT molecular complexity index is 504. The van der Waals surface area contributed by atoms with E-state index in [0.29, 0.717) is 6.61 Å². The maximum Gasteiger partial charge on any atom is 0.240 e. The van der Waals surface area contributed by atoms with E-state index >= 15 is 0 Å². The van der Waals surface area contributed by atoms with Gasteiger partial charge in [-0.25, -0.2) is 0 Å². The van der Waals surface area contributed by atoms with E-state index in [9.17, 15) is 4.79 Å². The number of nitrogens with zero attached hydrogens (tertiary/aromatic N) is 1. The molecule has 0 spiro atoms. The van der Waals surface area contributed by atoms with Crippen LogP contribution in [0.5, 0.6) is 0 Å². The highest BCUT2D eigenvalue weighted by Gasteiger charge is 2.31. The summed E-state index contributed by atoms with van der Waals surface area (Å²) in [6.45, 7) is 6.28. The Balaban J connectivity index is 0.00000144. The third-order valence-electron chi connectivity index (χ3n) is 4.47.